The van der Waals surface area contributed by atoms with E-state index < -0.39 is 15.9 Å². The molecule has 5 nitrogen and oxygen atoms in total. The van der Waals surface area contributed by atoms with Crippen molar-refractivity contribution < 1.29 is 17.6 Å². The molecule has 3 aromatic carbocycles. The summed E-state index contributed by atoms with van der Waals surface area (Å²) in [5.41, 5.74) is 2.57. The fraction of sp³-hybridized carbons (Fsp3) is 0.160. The van der Waals surface area contributed by atoms with Crippen LogP contribution in [-0.4, -0.2) is 20.1 Å². The maximum Gasteiger partial charge on any atom is 0.221 e. The van der Waals surface area contributed by atoms with Crippen LogP contribution < -0.4 is 5.32 Å². The molecule has 0 bridgehead atoms. The molecule has 1 amide bonds. The van der Waals surface area contributed by atoms with Crippen LogP contribution in [0.25, 0.3) is 11.0 Å². The summed E-state index contributed by atoms with van der Waals surface area (Å²) in [6, 6.07) is 25.1. The number of sulfone groups is 1. The van der Waals surface area contributed by atoms with E-state index in [1.54, 1.807) is 24.3 Å². The smallest absolute Gasteiger partial charge is 0.221 e. The van der Waals surface area contributed by atoms with Gasteiger partial charge in [0, 0.05) is 11.8 Å². The monoisotopic (exact) mass is 433 g/mol. The standard InChI is InChI=1S/C25H23NO4S/c1-18-11-13-21(14-12-18)31(28,29)16-15-24(27)26-25(19-7-3-2-4-8-19)23-17-20-9-5-6-10-22(20)30-23/h2-14,17,25H,15-16H2,1H3,(H,26,27)/t25-/m0/s1. The Hall–Kier alpha value is -3.38. The number of hydrogen-bond donors (Lipinski definition) is 1. The van der Waals surface area contributed by atoms with Gasteiger partial charge in [0.25, 0.3) is 0 Å². The molecular weight excluding hydrogens is 410 g/mol. The summed E-state index contributed by atoms with van der Waals surface area (Å²) in [6.07, 6.45) is -0.139. The Morgan fingerprint density at radius 1 is 0.935 bits per heavy atom. The first-order valence-electron chi connectivity index (χ1n) is 10.0. The van der Waals surface area contributed by atoms with Crippen molar-refractivity contribution in [1.29, 1.82) is 0 Å². The number of nitrogens with one attached hydrogen (secondary N) is 1. The molecule has 6 heteroatoms. The molecule has 31 heavy (non-hydrogen) atoms. The largest absolute Gasteiger partial charge is 0.459 e. The third kappa shape index (κ3) is 4.86. The summed E-state index contributed by atoms with van der Waals surface area (Å²) >= 11 is 0. The van der Waals surface area contributed by atoms with Crippen LogP contribution in [0.15, 0.2) is 94.2 Å². The predicted octanol–water partition coefficient (Wildman–Crippen LogP) is 4.81. The average molecular weight is 434 g/mol. The van der Waals surface area contributed by atoms with Crippen LogP contribution in [0.3, 0.4) is 0 Å². The van der Waals surface area contributed by atoms with E-state index in [9.17, 15) is 13.2 Å². The van der Waals surface area contributed by atoms with Gasteiger partial charge >= 0.3 is 0 Å². The third-order valence-corrected chi connectivity index (χ3v) is 6.88. The molecule has 1 atom stereocenters. The lowest BCUT2D eigenvalue weighted by Gasteiger charge is -2.17. The van der Waals surface area contributed by atoms with Crippen molar-refractivity contribution >= 4 is 26.7 Å². The summed E-state index contributed by atoms with van der Waals surface area (Å²) in [5.74, 6) is -0.0177. The molecule has 0 saturated carbocycles. The van der Waals surface area contributed by atoms with Gasteiger partial charge < -0.3 is 9.73 Å². The molecule has 0 spiro atoms. The first-order valence-corrected chi connectivity index (χ1v) is 11.7. The minimum atomic E-state index is -3.54. The molecule has 0 aliphatic heterocycles. The Bertz CT molecular complexity index is 1260. The summed E-state index contributed by atoms with van der Waals surface area (Å²) in [7, 11) is -3.54. The Morgan fingerprint density at radius 3 is 2.32 bits per heavy atom. The highest BCUT2D eigenvalue weighted by Crippen LogP contribution is 2.28. The zero-order chi connectivity index (χ0) is 21.8. The summed E-state index contributed by atoms with van der Waals surface area (Å²) in [6.45, 7) is 1.89. The van der Waals surface area contributed by atoms with E-state index in [0.717, 1.165) is 22.1 Å². The van der Waals surface area contributed by atoms with E-state index in [-0.39, 0.29) is 23.0 Å². The number of fused-ring (bicyclic) bond motifs is 1. The van der Waals surface area contributed by atoms with E-state index in [1.165, 1.54) is 0 Å². The molecular formula is C25H23NO4S. The van der Waals surface area contributed by atoms with Gasteiger partial charge in [-0.2, -0.15) is 0 Å². The normalized spacial score (nSPS) is 12.5. The highest BCUT2D eigenvalue weighted by Gasteiger charge is 2.22. The third-order valence-electron chi connectivity index (χ3n) is 5.15. The number of benzene rings is 3. The number of furan rings is 1. The van der Waals surface area contributed by atoms with E-state index in [1.807, 2.05) is 67.6 Å². The number of carbonyl (C=O) groups is 1. The Kier molecular flexibility index (Phi) is 5.91. The molecule has 0 saturated heterocycles. The van der Waals surface area contributed by atoms with Crippen LogP contribution in [0.4, 0.5) is 0 Å². The van der Waals surface area contributed by atoms with Crippen molar-refractivity contribution in [3.63, 3.8) is 0 Å². The van der Waals surface area contributed by atoms with Crippen LogP contribution in [0, 0.1) is 6.92 Å². The Labute approximate surface area is 181 Å². The second-order valence-electron chi connectivity index (χ2n) is 7.48. The van der Waals surface area contributed by atoms with E-state index in [4.69, 9.17) is 4.42 Å². The van der Waals surface area contributed by atoms with Crippen molar-refractivity contribution in [3.8, 4) is 0 Å². The first-order chi connectivity index (χ1) is 14.9. The van der Waals surface area contributed by atoms with Gasteiger partial charge in [0.1, 0.15) is 17.4 Å². The van der Waals surface area contributed by atoms with Crippen molar-refractivity contribution in [3.05, 3.63) is 102 Å². The summed E-state index contributed by atoms with van der Waals surface area (Å²) in [5, 5.41) is 3.89. The predicted molar refractivity (Wildman–Crippen MR) is 120 cm³/mol. The molecule has 0 radical (unpaired) electrons. The van der Waals surface area contributed by atoms with Gasteiger partial charge in [-0.1, -0.05) is 66.2 Å². The number of para-hydroxylation sites is 1. The van der Waals surface area contributed by atoms with Crippen LogP contribution in [0.5, 0.6) is 0 Å². The van der Waals surface area contributed by atoms with Crippen molar-refractivity contribution in [2.75, 3.05) is 5.75 Å². The number of rotatable bonds is 7. The lowest BCUT2D eigenvalue weighted by molar-refractivity contribution is -0.121. The lowest BCUT2D eigenvalue weighted by atomic mass is 10.0. The Morgan fingerprint density at radius 2 is 1.61 bits per heavy atom. The quantitative estimate of drug-likeness (QED) is 0.454. The van der Waals surface area contributed by atoms with Gasteiger partial charge in [0.15, 0.2) is 9.84 Å². The van der Waals surface area contributed by atoms with Crippen molar-refractivity contribution in [2.45, 2.75) is 24.3 Å². The molecule has 1 aromatic heterocycles. The van der Waals surface area contributed by atoms with E-state index in [0.29, 0.717) is 5.76 Å². The van der Waals surface area contributed by atoms with Gasteiger partial charge in [0.05, 0.1) is 10.6 Å². The van der Waals surface area contributed by atoms with Gasteiger partial charge in [0.2, 0.25) is 5.91 Å². The fourth-order valence-corrected chi connectivity index (χ4v) is 4.67. The van der Waals surface area contributed by atoms with Crippen LogP contribution in [0.1, 0.15) is 29.3 Å². The zero-order valence-electron chi connectivity index (χ0n) is 17.1. The van der Waals surface area contributed by atoms with Crippen molar-refractivity contribution in [2.24, 2.45) is 0 Å². The number of hydrogen-bond acceptors (Lipinski definition) is 4. The maximum atomic E-state index is 12.7. The van der Waals surface area contributed by atoms with Crippen LogP contribution in [0.2, 0.25) is 0 Å². The Balaban J connectivity index is 1.53. The second-order valence-corrected chi connectivity index (χ2v) is 9.59. The molecule has 0 aliphatic rings. The zero-order valence-corrected chi connectivity index (χ0v) is 17.9. The highest BCUT2D eigenvalue weighted by atomic mass is 32.2. The lowest BCUT2D eigenvalue weighted by Crippen LogP contribution is -2.30. The SMILES string of the molecule is Cc1ccc(S(=O)(=O)CCC(=O)N[C@@H](c2ccccc2)c2cc3ccccc3o2)cc1. The van der Waals surface area contributed by atoms with Gasteiger partial charge in [-0.15, -0.1) is 0 Å². The van der Waals surface area contributed by atoms with Gasteiger partial charge in [-0.25, -0.2) is 8.42 Å². The number of aryl methyl sites for hydroxylation is 1. The molecule has 4 rings (SSSR count). The summed E-state index contributed by atoms with van der Waals surface area (Å²) < 4.78 is 31.2. The molecule has 1 N–H and O–H groups in total. The number of amides is 1. The molecule has 158 valence electrons. The second kappa shape index (κ2) is 8.78. The van der Waals surface area contributed by atoms with Gasteiger partial charge in [-0.3, -0.25) is 4.79 Å². The average Bonchev–Trinajstić information content (AvgIpc) is 3.21. The van der Waals surface area contributed by atoms with Gasteiger partial charge in [-0.05, 0) is 36.8 Å². The van der Waals surface area contributed by atoms with Crippen LogP contribution >= 0.6 is 0 Å². The molecule has 0 fully saturated rings. The van der Waals surface area contributed by atoms with Crippen molar-refractivity contribution in [1.82, 2.24) is 5.32 Å². The minimum Gasteiger partial charge on any atom is -0.459 e. The van der Waals surface area contributed by atoms with E-state index in [2.05, 4.69) is 5.32 Å². The first kappa shape index (κ1) is 20.9. The topological polar surface area (TPSA) is 76.4 Å². The maximum absolute atomic E-state index is 12.7. The molecule has 0 aliphatic carbocycles. The highest BCUT2D eigenvalue weighted by molar-refractivity contribution is 7.91. The van der Waals surface area contributed by atoms with Crippen LogP contribution in [-0.2, 0) is 14.6 Å². The molecule has 0 unspecified atom stereocenters. The molecule has 1 heterocycles. The summed E-state index contributed by atoms with van der Waals surface area (Å²) in [4.78, 5) is 13.0. The van der Waals surface area contributed by atoms with E-state index >= 15 is 0 Å². The molecule has 4 aromatic rings. The minimum absolute atomic E-state index is 0.139. The number of carbonyl (C=O) groups excluding carboxylic acids is 1. The fourth-order valence-electron chi connectivity index (χ4n) is 3.43.